The lowest BCUT2D eigenvalue weighted by Crippen LogP contribution is -2.48. The number of ether oxygens (including phenoxy) is 2. The first-order chi connectivity index (χ1) is 20.3. The summed E-state index contributed by atoms with van der Waals surface area (Å²) in [6.45, 7) is 6.88. The van der Waals surface area contributed by atoms with Gasteiger partial charge in [-0.1, -0.05) is 6.58 Å². The van der Waals surface area contributed by atoms with Crippen molar-refractivity contribution < 1.29 is 23.5 Å². The Hall–Kier alpha value is -4.81. The zero-order chi connectivity index (χ0) is 29.9. The van der Waals surface area contributed by atoms with E-state index >= 15 is 0 Å². The van der Waals surface area contributed by atoms with Crippen LogP contribution in [0.3, 0.4) is 0 Å². The van der Waals surface area contributed by atoms with Gasteiger partial charge in [0.15, 0.2) is 11.5 Å². The van der Waals surface area contributed by atoms with E-state index in [4.69, 9.17) is 9.47 Å². The number of carbonyl (C=O) groups excluding carboxylic acids is 2. The number of fused-ring (bicyclic) bond motifs is 1. The summed E-state index contributed by atoms with van der Waals surface area (Å²) in [6.07, 6.45) is 8.86. The Bertz CT molecular complexity index is 1610. The maximum Gasteiger partial charge on any atom is 0.272 e. The van der Waals surface area contributed by atoms with Gasteiger partial charge in [-0.2, -0.15) is 10.2 Å². The molecule has 4 aromatic rings. The van der Waals surface area contributed by atoms with Crippen molar-refractivity contribution in [2.75, 3.05) is 32.6 Å². The Kier molecular flexibility index (Phi) is 8.18. The topological polar surface area (TPSA) is 140 Å². The van der Waals surface area contributed by atoms with Crippen LogP contribution in [-0.4, -0.2) is 79.7 Å². The van der Waals surface area contributed by atoms with Gasteiger partial charge in [0.2, 0.25) is 5.88 Å². The molecular weight excluding hydrogens is 543 g/mol. The highest BCUT2D eigenvalue weighted by Crippen LogP contribution is 2.50. The molecule has 2 aliphatic rings. The molecular formula is C29H33FN8O4. The molecule has 1 aliphatic heterocycles. The maximum atomic E-state index is 14.1. The number of piperidine rings is 1. The van der Waals surface area contributed by atoms with Crippen molar-refractivity contribution in [3.63, 3.8) is 0 Å². The minimum Gasteiger partial charge on any atom is -0.492 e. The third-order valence-electron chi connectivity index (χ3n) is 7.57. The number of anilines is 1. The van der Waals surface area contributed by atoms with Crippen molar-refractivity contribution >= 4 is 29.3 Å². The first-order valence-electron chi connectivity index (χ1n) is 13.7. The van der Waals surface area contributed by atoms with Crippen LogP contribution in [0.15, 0.2) is 43.4 Å². The molecule has 1 atom stereocenters. The highest BCUT2D eigenvalue weighted by Gasteiger charge is 2.53. The number of nitrogens with zero attached hydrogens (tertiary/aromatic N) is 6. The number of amides is 1. The standard InChI is InChI=1S/C18H19FN4O3.C11H14N4O/c1-26-16-6-12(13(19)9-20-16)14-7-15(22-21-14)17(25)23-5-2-11(10-24)8-18(23)3-4-18;1-4-16-8(2)9-5-6-15-11(14-9)10(12-3)7-13-15/h6-7,9-11H,2-5,8H2,1H3,(H,21,22);5-7,12H,2,4H2,1,3H3. The normalized spacial score (nSPS) is 16.9. The highest BCUT2D eigenvalue weighted by atomic mass is 19.1. The smallest absolute Gasteiger partial charge is 0.272 e. The van der Waals surface area contributed by atoms with E-state index in [0.717, 1.165) is 48.8 Å². The number of H-pyrrole nitrogens is 1. The number of likely N-dealkylation sites (tertiary alicyclic amines) is 1. The number of halogens is 1. The fourth-order valence-corrected chi connectivity index (χ4v) is 5.17. The van der Waals surface area contributed by atoms with Crippen LogP contribution in [0.2, 0.25) is 0 Å². The summed E-state index contributed by atoms with van der Waals surface area (Å²) >= 11 is 0. The number of hydrogen-bond acceptors (Lipinski definition) is 9. The van der Waals surface area contributed by atoms with E-state index in [-0.39, 0.29) is 28.8 Å². The summed E-state index contributed by atoms with van der Waals surface area (Å²) < 4.78 is 26.1. The summed E-state index contributed by atoms with van der Waals surface area (Å²) in [6, 6.07) is 4.82. The monoisotopic (exact) mass is 576 g/mol. The largest absolute Gasteiger partial charge is 0.492 e. The van der Waals surface area contributed by atoms with Gasteiger partial charge in [-0.25, -0.2) is 18.9 Å². The summed E-state index contributed by atoms with van der Waals surface area (Å²) in [5, 5.41) is 14.0. The van der Waals surface area contributed by atoms with E-state index in [9.17, 15) is 14.0 Å². The van der Waals surface area contributed by atoms with E-state index in [1.54, 1.807) is 16.8 Å². The van der Waals surface area contributed by atoms with Gasteiger partial charge in [-0.15, -0.1) is 0 Å². The van der Waals surface area contributed by atoms with Gasteiger partial charge in [-0.3, -0.25) is 9.89 Å². The van der Waals surface area contributed by atoms with Crippen molar-refractivity contribution in [3.8, 4) is 17.1 Å². The van der Waals surface area contributed by atoms with Crippen molar-refractivity contribution in [1.82, 2.24) is 34.7 Å². The Labute approximate surface area is 241 Å². The molecule has 0 bridgehead atoms. The average molecular weight is 577 g/mol. The molecule has 1 saturated heterocycles. The second-order valence-electron chi connectivity index (χ2n) is 10.2. The molecule has 13 heteroatoms. The van der Waals surface area contributed by atoms with Crippen LogP contribution in [0, 0.1) is 11.7 Å². The zero-order valence-corrected chi connectivity index (χ0v) is 23.8. The summed E-state index contributed by atoms with van der Waals surface area (Å²) in [7, 11) is 3.28. The molecule has 0 aromatic carbocycles. The molecule has 12 nitrogen and oxygen atoms in total. The second-order valence-corrected chi connectivity index (χ2v) is 10.2. The molecule has 1 unspecified atom stereocenters. The molecule has 5 heterocycles. The van der Waals surface area contributed by atoms with E-state index < -0.39 is 5.82 Å². The third-order valence-corrected chi connectivity index (χ3v) is 7.57. The number of pyridine rings is 1. The van der Waals surface area contributed by atoms with Gasteiger partial charge in [0.1, 0.15) is 23.4 Å². The SMILES string of the molecule is C=C(OCC)c1ccn2ncc(NC)c2n1.COc1cc(-c2cc(C(=O)N3CCC(C=O)CC34CC4)[nH]n2)c(F)cn1. The Balaban J connectivity index is 0.000000189. The minimum absolute atomic E-state index is 0.0252. The Morgan fingerprint density at radius 1 is 1.33 bits per heavy atom. The van der Waals surface area contributed by atoms with Gasteiger partial charge in [0.25, 0.3) is 5.91 Å². The molecule has 0 radical (unpaired) electrons. The number of aldehydes is 1. The van der Waals surface area contributed by atoms with E-state index in [2.05, 4.69) is 37.2 Å². The van der Waals surface area contributed by atoms with Gasteiger partial charge < -0.3 is 24.5 Å². The fourth-order valence-electron chi connectivity index (χ4n) is 5.17. The first-order valence-corrected chi connectivity index (χ1v) is 13.7. The Morgan fingerprint density at radius 3 is 2.83 bits per heavy atom. The number of aromatic amines is 1. The second kappa shape index (κ2) is 12.0. The first kappa shape index (κ1) is 28.7. The van der Waals surface area contributed by atoms with Gasteiger partial charge in [0.05, 0.1) is 37.5 Å². The summed E-state index contributed by atoms with van der Waals surface area (Å²) in [5.41, 5.74) is 3.02. The predicted molar refractivity (Wildman–Crippen MR) is 153 cm³/mol. The van der Waals surface area contributed by atoms with Crippen LogP contribution < -0.4 is 10.1 Å². The molecule has 2 N–H and O–H groups in total. The van der Waals surface area contributed by atoms with Crippen LogP contribution in [0.5, 0.6) is 5.88 Å². The summed E-state index contributed by atoms with van der Waals surface area (Å²) in [5.74, 6) is 0.171. The third kappa shape index (κ3) is 5.67. The molecule has 42 heavy (non-hydrogen) atoms. The summed E-state index contributed by atoms with van der Waals surface area (Å²) in [4.78, 5) is 34.1. The number of methoxy groups -OCH3 is 1. The lowest BCUT2D eigenvalue weighted by Gasteiger charge is -2.38. The fraction of sp³-hybridized carbons (Fsp3) is 0.379. The van der Waals surface area contributed by atoms with E-state index in [1.807, 2.05) is 31.1 Å². The molecule has 6 rings (SSSR count). The predicted octanol–water partition coefficient (Wildman–Crippen LogP) is 3.98. The molecule has 220 valence electrons. The van der Waals surface area contributed by atoms with E-state index in [1.165, 1.54) is 13.2 Å². The van der Waals surface area contributed by atoms with Crippen molar-refractivity contribution in [2.45, 2.75) is 38.1 Å². The van der Waals surface area contributed by atoms with Crippen LogP contribution in [-0.2, 0) is 9.53 Å². The number of hydrogen-bond donors (Lipinski definition) is 2. The number of aromatic nitrogens is 6. The van der Waals surface area contributed by atoms with Gasteiger partial charge in [-0.05, 0) is 44.7 Å². The molecule has 4 aromatic heterocycles. The number of rotatable bonds is 8. The molecule has 1 spiro atoms. The highest BCUT2D eigenvalue weighted by molar-refractivity contribution is 5.94. The molecule has 1 aliphatic carbocycles. The van der Waals surface area contributed by atoms with Crippen LogP contribution in [0.4, 0.5) is 10.1 Å². The number of carbonyl (C=O) groups is 2. The zero-order valence-electron chi connectivity index (χ0n) is 23.8. The van der Waals surface area contributed by atoms with Gasteiger partial charge in [0, 0.05) is 42.9 Å². The van der Waals surface area contributed by atoms with Crippen LogP contribution >= 0.6 is 0 Å². The average Bonchev–Trinajstić information content (AvgIpc) is 3.41. The quantitative estimate of drug-likeness (QED) is 0.235. The maximum absolute atomic E-state index is 14.1. The van der Waals surface area contributed by atoms with Crippen LogP contribution in [0.25, 0.3) is 22.7 Å². The van der Waals surface area contributed by atoms with Crippen LogP contribution in [0.1, 0.15) is 48.8 Å². The van der Waals surface area contributed by atoms with E-state index in [0.29, 0.717) is 36.7 Å². The Morgan fingerprint density at radius 2 is 2.14 bits per heavy atom. The van der Waals surface area contributed by atoms with Crippen molar-refractivity contribution in [1.29, 1.82) is 0 Å². The molecule has 1 amide bonds. The lowest BCUT2D eigenvalue weighted by atomic mass is 9.90. The molecule has 1 saturated carbocycles. The van der Waals surface area contributed by atoms with Crippen molar-refractivity contribution in [3.05, 3.63) is 60.6 Å². The minimum atomic E-state index is -0.540. The molecule has 2 fully saturated rings. The lowest BCUT2D eigenvalue weighted by molar-refractivity contribution is -0.113. The number of nitrogens with one attached hydrogen (secondary N) is 2. The van der Waals surface area contributed by atoms with Crippen molar-refractivity contribution in [2.24, 2.45) is 5.92 Å². The van der Waals surface area contributed by atoms with Gasteiger partial charge >= 0.3 is 0 Å².